The number of carbonyl (C=O) groups excluding carboxylic acids is 1. The molecule has 2 N–H and O–H groups in total. The molecule has 0 unspecified atom stereocenters. The quantitative estimate of drug-likeness (QED) is 0.812. The molecule has 2 aromatic rings. The van der Waals surface area contributed by atoms with E-state index in [9.17, 15) is 4.79 Å². The Morgan fingerprint density at radius 2 is 1.84 bits per heavy atom. The van der Waals surface area contributed by atoms with Gasteiger partial charge >= 0.3 is 6.03 Å². The maximum Gasteiger partial charge on any atom is 0.314 e. The average molecular weight is 342 g/mol. The van der Waals surface area contributed by atoms with Gasteiger partial charge in [-0.05, 0) is 38.1 Å². The number of hydrogen-bond donors (Lipinski definition) is 2. The lowest BCUT2D eigenvalue weighted by Crippen LogP contribution is -2.42. The first kappa shape index (κ1) is 17.5. The third kappa shape index (κ3) is 5.60. The second-order valence-electron chi connectivity index (χ2n) is 6.34. The summed E-state index contributed by atoms with van der Waals surface area (Å²) in [4.78, 5) is 18.7. The molecule has 6 heteroatoms. The Morgan fingerprint density at radius 3 is 2.64 bits per heavy atom. The van der Waals surface area contributed by atoms with E-state index in [1.807, 2.05) is 30.3 Å². The highest BCUT2D eigenvalue weighted by Gasteiger charge is 2.10. The molecule has 0 atom stereocenters. The lowest BCUT2D eigenvalue weighted by atomic mass is 10.1. The van der Waals surface area contributed by atoms with Gasteiger partial charge in [0, 0.05) is 31.6 Å². The molecule has 2 amide bonds. The molecule has 0 bridgehead atoms. The molecule has 1 aliphatic rings. The summed E-state index contributed by atoms with van der Waals surface area (Å²) in [6.07, 6.45) is 6.18. The Hall–Kier alpha value is -2.34. The van der Waals surface area contributed by atoms with Crippen molar-refractivity contribution in [2.75, 3.05) is 32.7 Å². The molecular formula is C19H26N4O2. The first-order chi connectivity index (χ1) is 12.3. The van der Waals surface area contributed by atoms with Crippen LogP contribution in [0.4, 0.5) is 4.79 Å². The van der Waals surface area contributed by atoms with Crippen LogP contribution in [0.3, 0.4) is 0 Å². The Bertz CT molecular complexity index is 650. The predicted octanol–water partition coefficient (Wildman–Crippen LogP) is 2.67. The number of rotatable bonds is 7. The van der Waals surface area contributed by atoms with Crippen molar-refractivity contribution in [1.29, 1.82) is 0 Å². The molecule has 0 saturated carbocycles. The number of nitrogens with one attached hydrogen (secondary N) is 2. The highest BCUT2D eigenvalue weighted by atomic mass is 16.3. The Kier molecular flexibility index (Phi) is 6.45. The monoisotopic (exact) mass is 342 g/mol. The second kappa shape index (κ2) is 9.22. The zero-order chi connectivity index (χ0) is 17.3. The van der Waals surface area contributed by atoms with Gasteiger partial charge in [-0.1, -0.05) is 24.6 Å². The Labute approximate surface area is 148 Å². The van der Waals surface area contributed by atoms with E-state index in [0.717, 1.165) is 30.9 Å². The zero-order valence-electron chi connectivity index (χ0n) is 14.5. The zero-order valence-corrected chi connectivity index (χ0v) is 14.5. The van der Waals surface area contributed by atoms with Gasteiger partial charge < -0.3 is 20.0 Å². The van der Waals surface area contributed by atoms with E-state index in [2.05, 4.69) is 20.5 Å². The number of hydrogen-bond acceptors (Lipinski definition) is 4. The fourth-order valence-electron chi connectivity index (χ4n) is 3.01. The van der Waals surface area contributed by atoms with Gasteiger partial charge in [-0.2, -0.15) is 0 Å². The van der Waals surface area contributed by atoms with Gasteiger partial charge in [0.15, 0.2) is 0 Å². The summed E-state index contributed by atoms with van der Waals surface area (Å²) in [5, 5.41) is 5.78. The van der Waals surface area contributed by atoms with E-state index < -0.39 is 0 Å². The van der Waals surface area contributed by atoms with Crippen LogP contribution in [0.5, 0.6) is 0 Å². The lowest BCUT2D eigenvalue weighted by molar-refractivity contribution is 0.220. The van der Waals surface area contributed by atoms with Crippen LogP contribution < -0.4 is 10.6 Å². The summed E-state index contributed by atoms with van der Waals surface area (Å²) in [6, 6.07) is 9.67. The van der Waals surface area contributed by atoms with Crippen molar-refractivity contribution in [2.45, 2.75) is 25.7 Å². The van der Waals surface area contributed by atoms with Crippen LogP contribution in [-0.4, -0.2) is 48.6 Å². The minimum Gasteiger partial charge on any atom is -0.444 e. The SMILES string of the molecule is O=C(NCCc1coc(-c2ccccc2)n1)NCCN1CCCCC1. The smallest absolute Gasteiger partial charge is 0.314 e. The number of nitrogens with zero attached hydrogens (tertiary/aromatic N) is 2. The summed E-state index contributed by atoms with van der Waals surface area (Å²) in [7, 11) is 0. The van der Waals surface area contributed by atoms with Gasteiger partial charge in [0.1, 0.15) is 6.26 Å². The van der Waals surface area contributed by atoms with Gasteiger partial charge in [-0.15, -0.1) is 0 Å². The minimum absolute atomic E-state index is 0.121. The molecule has 1 fully saturated rings. The lowest BCUT2D eigenvalue weighted by Gasteiger charge is -2.26. The molecule has 1 aromatic carbocycles. The predicted molar refractivity (Wildman–Crippen MR) is 97.3 cm³/mol. The number of oxazole rings is 1. The van der Waals surface area contributed by atoms with Gasteiger partial charge in [0.2, 0.25) is 5.89 Å². The summed E-state index contributed by atoms with van der Waals surface area (Å²) in [5.74, 6) is 0.613. The molecule has 0 spiro atoms. The molecule has 2 heterocycles. The van der Waals surface area contributed by atoms with Gasteiger partial charge in [-0.3, -0.25) is 0 Å². The molecule has 6 nitrogen and oxygen atoms in total. The number of urea groups is 1. The van der Waals surface area contributed by atoms with Crippen LogP contribution in [-0.2, 0) is 6.42 Å². The third-order valence-corrected chi connectivity index (χ3v) is 4.40. The van der Waals surface area contributed by atoms with Crippen molar-refractivity contribution < 1.29 is 9.21 Å². The average Bonchev–Trinajstić information content (AvgIpc) is 3.12. The normalized spacial score (nSPS) is 15.0. The molecule has 0 aliphatic carbocycles. The van der Waals surface area contributed by atoms with Crippen LogP contribution in [0.1, 0.15) is 25.0 Å². The number of benzene rings is 1. The molecule has 1 aliphatic heterocycles. The van der Waals surface area contributed by atoms with Crippen LogP contribution in [0, 0.1) is 0 Å². The topological polar surface area (TPSA) is 70.4 Å². The van der Waals surface area contributed by atoms with Gasteiger partial charge in [-0.25, -0.2) is 9.78 Å². The van der Waals surface area contributed by atoms with Crippen molar-refractivity contribution in [2.24, 2.45) is 0 Å². The van der Waals surface area contributed by atoms with Crippen molar-refractivity contribution in [1.82, 2.24) is 20.5 Å². The fourth-order valence-corrected chi connectivity index (χ4v) is 3.01. The van der Waals surface area contributed by atoms with Crippen molar-refractivity contribution >= 4 is 6.03 Å². The minimum atomic E-state index is -0.121. The second-order valence-corrected chi connectivity index (χ2v) is 6.34. The van der Waals surface area contributed by atoms with Gasteiger partial charge in [0.25, 0.3) is 0 Å². The molecule has 0 radical (unpaired) electrons. The van der Waals surface area contributed by atoms with E-state index >= 15 is 0 Å². The van der Waals surface area contributed by atoms with Crippen LogP contribution in [0.25, 0.3) is 11.5 Å². The maximum atomic E-state index is 11.8. The van der Waals surface area contributed by atoms with Crippen LogP contribution in [0.15, 0.2) is 41.0 Å². The van der Waals surface area contributed by atoms with E-state index in [-0.39, 0.29) is 6.03 Å². The van der Waals surface area contributed by atoms with E-state index in [0.29, 0.717) is 25.4 Å². The highest BCUT2D eigenvalue weighted by Crippen LogP contribution is 2.17. The van der Waals surface area contributed by atoms with E-state index in [1.54, 1.807) is 6.26 Å². The van der Waals surface area contributed by atoms with Crippen molar-refractivity contribution in [3.8, 4) is 11.5 Å². The first-order valence-corrected chi connectivity index (χ1v) is 9.05. The summed E-state index contributed by atoms with van der Waals surface area (Å²) in [6.45, 7) is 4.46. The third-order valence-electron chi connectivity index (χ3n) is 4.40. The number of piperidine rings is 1. The number of aromatic nitrogens is 1. The molecular weight excluding hydrogens is 316 g/mol. The fraction of sp³-hybridized carbons (Fsp3) is 0.474. The van der Waals surface area contributed by atoms with Crippen molar-refractivity contribution in [3.63, 3.8) is 0 Å². The Morgan fingerprint density at radius 1 is 1.08 bits per heavy atom. The standard InChI is InChI=1S/C19H26N4O2/c24-19(21-11-14-23-12-5-2-6-13-23)20-10-9-17-15-25-18(22-17)16-7-3-1-4-8-16/h1,3-4,7-8,15H,2,5-6,9-14H2,(H2,20,21,24). The number of likely N-dealkylation sites (tertiary alicyclic amines) is 1. The highest BCUT2D eigenvalue weighted by molar-refractivity contribution is 5.73. The molecule has 134 valence electrons. The summed E-state index contributed by atoms with van der Waals surface area (Å²) < 4.78 is 5.50. The number of amides is 2. The molecule has 1 aromatic heterocycles. The first-order valence-electron chi connectivity index (χ1n) is 9.05. The van der Waals surface area contributed by atoms with E-state index in [1.165, 1.54) is 19.3 Å². The summed E-state index contributed by atoms with van der Waals surface area (Å²) in [5.41, 5.74) is 1.80. The number of carbonyl (C=O) groups is 1. The van der Waals surface area contributed by atoms with Crippen LogP contribution in [0.2, 0.25) is 0 Å². The molecule has 25 heavy (non-hydrogen) atoms. The molecule has 1 saturated heterocycles. The van der Waals surface area contributed by atoms with Crippen molar-refractivity contribution in [3.05, 3.63) is 42.3 Å². The largest absolute Gasteiger partial charge is 0.444 e. The van der Waals surface area contributed by atoms with E-state index in [4.69, 9.17) is 4.42 Å². The maximum absolute atomic E-state index is 11.8. The molecule has 3 rings (SSSR count). The Balaban J connectivity index is 1.32. The van der Waals surface area contributed by atoms with Crippen LogP contribution >= 0.6 is 0 Å². The van der Waals surface area contributed by atoms with Gasteiger partial charge in [0.05, 0.1) is 5.69 Å². The summed E-state index contributed by atoms with van der Waals surface area (Å²) >= 11 is 0.